The minimum absolute atomic E-state index is 0.0439. The third-order valence-electron chi connectivity index (χ3n) is 5.28. The molecule has 2 aliphatic rings. The summed E-state index contributed by atoms with van der Waals surface area (Å²) >= 11 is 11.8. The summed E-state index contributed by atoms with van der Waals surface area (Å²) in [5.41, 5.74) is 5.35. The molecule has 1 aromatic rings. The van der Waals surface area contributed by atoms with Crippen molar-refractivity contribution in [1.82, 2.24) is 9.80 Å². The summed E-state index contributed by atoms with van der Waals surface area (Å²) in [4.78, 5) is 63.2. The third kappa shape index (κ3) is 4.13. The number of hydrogen-bond donors (Lipinski definition) is 1. The first kappa shape index (κ1) is 22.0. The number of amides is 4. The molecule has 2 N–H and O–H groups in total. The van der Waals surface area contributed by atoms with E-state index in [-0.39, 0.29) is 27.1 Å². The number of halogens is 2. The standard InChI is InChI=1S/C19H19Cl2N3O6/c1-9(24-17(27)11-6-13(20)14(21)7-12(11)18(24)28)19(29)30-8-15(25)23-4-2-10(3-5-23)16(22)26/h6-7,9-10H,2-5,8H2,1H3,(H2,22,26). The van der Waals surface area contributed by atoms with Crippen LogP contribution in [0.25, 0.3) is 0 Å². The summed E-state index contributed by atoms with van der Waals surface area (Å²) in [6.07, 6.45) is 0.900. The van der Waals surface area contributed by atoms with Gasteiger partial charge < -0.3 is 15.4 Å². The molecular formula is C19H19Cl2N3O6. The zero-order valence-electron chi connectivity index (χ0n) is 16.0. The van der Waals surface area contributed by atoms with Crippen LogP contribution >= 0.6 is 23.2 Å². The van der Waals surface area contributed by atoms with E-state index in [1.165, 1.54) is 24.0 Å². The normalized spacial score (nSPS) is 17.7. The second kappa shape index (κ2) is 8.61. The van der Waals surface area contributed by atoms with Crippen LogP contribution in [-0.4, -0.2) is 65.1 Å². The van der Waals surface area contributed by atoms with Crippen LogP contribution < -0.4 is 5.73 Å². The highest BCUT2D eigenvalue weighted by Gasteiger charge is 2.42. The lowest BCUT2D eigenvalue weighted by atomic mass is 9.96. The van der Waals surface area contributed by atoms with Gasteiger partial charge in [0.15, 0.2) is 6.61 Å². The third-order valence-corrected chi connectivity index (χ3v) is 6.00. The monoisotopic (exact) mass is 455 g/mol. The molecule has 0 aliphatic carbocycles. The Morgan fingerprint density at radius 1 is 1.10 bits per heavy atom. The summed E-state index contributed by atoms with van der Waals surface area (Å²) in [7, 11) is 0. The number of carbonyl (C=O) groups excluding carboxylic acids is 5. The number of carbonyl (C=O) groups is 5. The van der Waals surface area contributed by atoms with Gasteiger partial charge in [0.05, 0.1) is 21.2 Å². The molecule has 4 amide bonds. The van der Waals surface area contributed by atoms with Gasteiger partial charge in [0.1, 0.15) is 6.04 Å². The van der Waals surface area contributed by atoms with Gasteiger partial charge in [-0.2, -0.15) is 0 Å². The number of nitrogens with zero attached hydrogens (tertiary/aromatic N) is 2. The Kier molecular flexibility index (Phi) is 6.33. The first-order valence-electron chi connectivity index (χ1n) is 9.22. The number of nitrogens with two attached hydrogens (primary N) is 1. The van der Waals surface area contributed by atoms with Crippen LogP contribution in [0.3, 0.4) is 0 Å². The lowest BCUT2D eigenvalue weighted by Crippen LogP contribution is -2.46. The smallest absolute Gasteiger partial charge is 0.329 e. The summed E-state index contributed by atoms with van der Waals surface area (Å²) < 4.78 is 5.03. The SMILES string of the molecule is CC(C(=O)OCC(=O)N1CCC(C(N)=O)CC1)N1C(=O)c2cc(Cl)c(Cl)cc2C1=O. The molecule has 9 nitrogen and oxygen atoms in total. The fraction of sp³-hybridized carbons (Fsp3) is 0.421. The van der Waals surface area contributed by atoms with E-state index in [0.29, 0.717) is 25.9 Å². The molecule has 30 heavy (non-hydrogen) atoms. The molecule has 2 heterocycles. The number of benzene rings is 1. The Balaban J connectivity index is 1.59. The van der Waals surface area contributed by atoms with Crippen molar-refractivity contribution in [3.63, 3.8) is 0 Å². The Bertz CT molecular complexity index is 901. The van der Waals surface area contributed by atoms with Crippen molar-refractivity contribution in [3.05, 3.63) is 33.3 Å². The van der Waals surface area contributed by atoms with E-state index >= 15 is 0 Å². The number of primary amides is 1. The number of fused-ring (bicyclic) bond motifs is 1. The quantitative estimate of drug-likeness (QED) is 0.525. The van der Waals surface area contributed by atoms with Crippen molar-refractivity contribution in [3.8, 4) is 0 Å². The van der Waals surface area contributed by atoms with E-state index in [9.17, 15) is 24.0 Å². The molecule has 160 valence electrons. The van der Waals surface area contributed by atoms with Crippen molar-refractivity contribution >= 4 is 52.8 Å². The molecule has 0 radical (unpaired) electrons. The molecule has 1 atom stereocenters. The highest BCUT2D eigenvalue weighted by atomic mass is 35.5. The van der Waals surface area contributed by atoms with Crippen molar-refractivity contribution in [2.45, 2.75) is 25.8 Å². The van der Waals surface area contributed by atoms with Gasteiger partial charge in [-0.05, 0) is 31.9 Å². The molecule has 1 unspecified atom stereocenters. The zero-order chi connectivity index (χ0) is 22.2. The fourth-order valence-corrected chi connectivity index (χ4v) is 3.80. The van der Waals surface area contributed by atoms with Crippen LogP contribution in [0.4, 0.5) is 0 Å². The topological polar surface area (TPSA) is 127 Å². The lowest BCUT2D eigenvalue weighted by Gasteiger charge is -2.30. The average Bonchev–Trinajstić information content (AvgIpc) is 2.95. The van der Waals surface area contributed by atoms with Gasteiger partial charge in [0, 0.05) is 19.0 Å². The summed E-state index contributed by atoms with van der Waals surface area (Å²) in [6, 6.07) is 1.30. The van der Waals surface area contributed by atoms with Gasteiger partial charge in [-0.15, -0.1) is 0 Å². The Morgan fingerprint density at radius 3 is 2.07 bits per heavy atom. The van der Waals surface area contributed by atoms with E-state index in [2.05, 4.69) is 0 Å². The molecule has 1 saturated heterocycles. The van der Waals surface area contributed by atoms with Crippen LogP contribution in [0, 0.1) is 5.92 Å². The molecule has 11 heteroatoms. The number of hydrogen-bond acceptors (Lipinski definition) is 6. The maximum absolute atomic E-state index is 12.6. The van der Waals surface area contributed by atoms with Crippen molar-refractivity contribution in [2.24, 2.45) is 11.7 Å². The Labute approximate surface area is 182 Å². The number of ether oxygens (including phenoxy) is 1. The van der Waals surface area contributed by atoms with E-state index in [1.807, 2.05) is 0 Å². The molecular weight excluding hydrogens is 437 g/mol. The highest BCUT2D eigenvalue weighted by molar-refractivity contribution is 6.43. The highest BCUT2D eigenvalue weighted by Crippen LogP contribution is 2.32. The molecule has 1 fully saturated rings. The maximum atomic E-state index is 12.6. The first-order chi connectivity index (χ1) is 14.1. The van der Waals surface area contributed by atoms with E-state index in [0.717, 1.165) is 4.90 Å². The van der Waals surface area contributed by atoms with Crippen LogP contribution in [0.15, 0.2) is 12.1 Å². The molecule has 0 aromatic heterocycles. The summed E-state index contributed by atoms with van der Waals surface area (Å²) in [6.45, 7) is 1.46. The maximum Gasteiger partial charge on any atom is 0.329 e. The van der Waals surface area contributed by atoms with Crippen molar-refractivity contribution in [1.29, 1.82) is 0 Å². The summed E-state index contributed by atoms with van der Waals surface area (Å²) in [5.74, 6) is -3.39. The van der Waals surface area contributed by atoms with Gasteiger partial charge in [0.25, 0.3) is 17.7 Å². The minimum atomic E-state index is -1.25. The van der Waals surface area contributed by atoms with Crippen molar-refractivity contribution in [2.75, 3.05) is 19.7 Å². The largest absolute Gasteiger partial charge is 0.454 e. The lowest BCUT2D eigenvalue weighted by molar-refractivity contribution is -0.155. The molecule has 0 spiro atoms. The van der Waals surface area contributed by atoms with Gasteiger partial charge in [-0.1, -0.05) is 23.2 Å². The minimum Gasteiger partial charge on any atom is -0.454 e. The second-order valence-corrected chi connectivity index (χ2v) is 7.95. The summed E-state index contributed by atoms with van der Waals surface area (Å²) in [5, 5.41) is 0.221. The first-order valence-corrected chi connectivity index (χ1v) is 9.98. The van der Waals surface area contributed by atoms with E-state index < -0.39 is 42.2 Å². The molecule has 0 saturated carbocycles. The van der Waals surface area contributed by atoms with Gasteiger partial charge >= 0.3 is 5.97 Å². The number of esters is 1. The number of likely N-dealkylation sites (tertiary alicyclic amines) is 1. The molecule has 3 rings (SSSR count). The van der Waals surface area contributed by atoms with Gasteiger partial charge in [0.2, 0.25) is 5.91 Å². The average molecular weight is 456 g/mol. The number of imide groups is 1. The molecule has 1 aromatic carbocycles. The van der Waals surface area contributed by atoms with Crippen molar-refractivity contribution < 1.29 is 28.7 Å². The second-order valence-electron chi connectivity index (χ2n) is 7.13. The van der Waals surface area contributed by atoms with Gasteiger partial charge in [-0.25, -0.2) is 4.79 Å². The van der Waals surface area contributed by atoms with Crippen LogP contribution in [0.1, 0.15) is 40.5 Å². The van der Waals surface area contributed by atoms with Gasteiger partial charge in [-0.3, -0.25) is 24.1 Å². The van der Waals surface area contributed by atoms with E-state index in [1.54, 1.807) is 0 Å². The molecule has 0 bridgehead atoms. The Morgan fingerprint density at radius 2 is 1.60 bits per heavy atom. The number of piperidine rings is 1. The van der Waals surface area contributed by atoms with Crippen LogP contribution in [0.5, 0.6) is 0 Å². The molecule has 2 aliphatic heterocycles. The van der Waals surface area contributed by atoms with Crippen LogP contribution in [0.2, 0.25) is 10.0 Å². The zero-order valence-corrected chi connectivity index (χ0v) is 17.5. The predicted octanol–water partition coefficient (Wildman–Crippen LogP) is 1.24. The van der Waals surface area contributed by atoms with E-state index in [4.69, 9.17) is 33.7 Å². The fourth-order valence-electron chi connectivity index (χ4n) is 3.47. The van der Waals surface area contributed by atoms with Crippen LogP contribution in [-0.2, 0) is 19.1 Å². The number of rotatable bonds is 5. The Hall–Kier alpha value is -2.65. The predicted molar refractivity (Wildman–Crippen MR) is 106 cm³/mol.